The van der Waals surface area contributed by atoms with Crippen molar-refractivity contribution < 1.29 is 4.74 Å². The number of nitrogens with zero attached hydrogens (tertiary/aromatic N) is 4. The molecule has 12 heteroatoms. The quantitative estimate of drug-likeness (QED) is 0.206. The van der Waals surface area contributed by atoms with E-state index in [0.717, 1.165) is 22.8 Å². The number of hydrogen-bond acceptors (Lipinski definition) is 9. The third-order valence-electron chi connectivity index (χ3n) is 3.83. The van der Waals surface area contributed by atoms with Gasteiger partial charge < -0.3 is 21.5 Å². The van der Waals surface area contributed by atoms with Gasteiger partial charge in [-0.05, 0) is 11.6 Å². The second-order valence-electron chi connectivity index (χ2n) is 6.11. The molecule has 0 aliphatic carbocycles. The van der Waals surface area contributed by atoms with Crippen LogP contribution in [-0.2, 0) is 12.2 Å². The van der Waals surface area contributed by atoms with Crippen LogP contribution in [0.5, 0.6) is 5.88 Å². The van der Waals surface area contributed by atoms with Crippen LogP contribution in [0.4, 0.5) is 11.1 Å². The highest BCUT2D eigenvalue weighted by atomic mass is 32.2. The number of rotatable bonds is 10. The molecule has 0 bridgehead atoms. The van der Waals surface area contributed by atoms with Crippen molar-refractivity contribution in [2.45, 2.75) is 12.2 Å². The van der Waals surface area contributed by atoms with Crippen molar-refractivity contribution >= 4 is 40.1 Å². The van der Waals surface area contributed by atoms with Crippen molar-refractivity contribution in [2.75, 3.05) is 24.7 Å². The predicted molar refractivity (Wildman–Crippen MR) is 121 cm³/mol. The third-order valence-corrected chi connectivity index (χ3v) is 5.61. The standard InChI is InChI=1S/C18H22N8O2S2/c1-28-14-7-11(2-3-21-14)6-12-8-23-17(25-15(12)27)22-4-5-29-9-13-10-30-18(24-13)26-16(19)20/h2-3,7-8,10H,4-6,9H2,1H3,(H4,19,20,24,26)(H2,22,23,25,27). The summed E-state index contributed by atoms with van der Waals surface area (Å²) in [5.41, 5.74) is 12.9. The first-order chi connectivity index (χ1) is 14.5. The maximum absolute atomic E-state index is 12.3. The number of H-pyrrole nitrogens is 1. The van der Waals surface area contributed by atoms with Gasteiger partial charge in [-0.15, -0.1) is 11.3 Å². The Bertz CT molecular complexity index is 1060. The summed E-state index contributed by atoms with van der Waals surface area (Å²) in [6.07, 6.45) is 3.69. The molecule has 10 nitrogen and oxygen atoms in total. The molecule has 3 rings (SSSR count). The number of thioether (sulfide) groups is 1. The zero-order valence-corrected chi connectivity index (χ0v) is 17.9. The van der Waals surface area contributed by atoms with Crippen LogP contribution in [0.3, 0.4) is 0 Å². The van der Waals surface area contributed by atoms with E-state index >= 15 is 0 Å². The first-order valence-corrected chi connectivity index (χ1v) is 11.0. The van der Waals surface area contributed by atoms with E-state index in [-0.39, 0.29) is 11.5 Å². The molecule has 3 aromatic heterocycles. The fourth-order valence-electron chi connectivity index (χ4n) is 2.47. The van der Waals surface area contributed by atoms with E-state index < -0.39 is 0 Å². The molecule has 0 aromatic carbocycles. The van der Waals surface area contributed by atoms with Crippen LogP contribution in [0, 0.1) is 0 Å². The van der Waals surface area contributed by atoms with E-state index in [9.17, 15) is 4.79 Å². The zero-order chi connectivity index (χ0) is 21.3. The number of nitrogens with one attached hydrogen (secondary N) is 2. The number of guanidine groups is 1. The van der Waals surface area contributed by atoms with E-state index in [1.165, 1.54) is 11.3 Å². The van der Waals surface area contributed by atoms with Crippen molar-refractivity contribution in [1.29, 1.82) is 0 Å². The Balaban J connectivity index is 1.45. The van der Waals surface area contributed by atoms with Gasteiger partial charge in [-0.1, -0.05) is 0 Å². The summed E-state index contributed by atoms with van der Waals surface area (Å²) in [4.78, 5) is 31.7. The number of ether oxygens (including phenoxy) is 1. The van der Waals surface area contributed by atoms with Gasteiger partial charge in [-0.2, -0.15) is 16.8 Å². The molecule has 6 N–H and O–H groups in total. The molecule has 0 amide bonds. The van der Waals surface area contributed by atoms with Gasteiger partial charge in [0.15, 0.2) is 5.96 Å². The number of pyridine rings is 1. The molecular formula is C18H22N8O2S2. The van der Waals surface area contributed by atoms with Gasteiger partial charge in [0.25, 0.3) is 5.56 Å². The first kappa shape index (κ1) is 21.6. The Morgan fingerprint density at radius 1 is 1.40 bits per heavy atom. The number of aromatic nitrogens is 4. The molecule has 0 radical (unpaired) electrons. The highest BCUT2D eigenvalue weighted by Crippen LogP contribution is 2.21. The number of aromatic amines is 1. The van der Waals surface area contributed by atoms with Gasteiger partial charge in [0.1, 0.15) is 0 Å². The number of hydrogen-bond donors (Lipinski definition) is 4. The first-order valence-electron chi connectivity index (χ1n) is 8.96. The molecule has 3 heterocycles. The summed E-state index contributed by atoms with van der Waals surface area (Å²) in [6.45, 7) is 0.652. The Kier molecular flexibility index (Phi) is 7.63. The minimum absolute atomic E-state index is 0.000710. The second kappa shape index (κ2) is 10.6. The van der Waals surface area contributed by atoms with Crippen LogP contribution < -0.4 is 27.1 Å². The maximum atomic E-state index is 12.3. The Hall–Kier alpha value is -3.12. The topological polar surface area (TPSA) is 157 Å². The predicted octanol–water partition coefficient (Wildman–Crippen LogP) is 1.47. The smallest absolute Gasteiger partial charge is 0.255 e. The summed E-state index contributed by atoms with van der Waals surface area (Å²) in [5.74, 6) is 2.52. The SMILES string of the molecule is COc1cc(Cc2cnc(NCCSCc3csc(N=C(N)N)n3)[nH]c2=O)ccn1. The lowest BCUT2D eigenvalue weighted by atomic mass is 10.1. The van der Waals surface area contributed by atoms with Crippen LogP contribution in [-0.4, -0.2) is 45.3 Å². The number of anilines is 1. The van der Waals surface area contributed by atoms with Crippen LogP contribution in [0.1, 0.15) is 16.8 Å². The molecule has 30 heavy (non-hydrogen) atoms. The number of methoxy groups -OCH3 is 1. The molecule has 158 valence electrons. The minimum atomic E-state index is -0.175. The van der Waals surface area contributed by atoms with Crippen molar-refractivity contribution in [3.8, 4) is 5.88 Å². The van der Waals surface area contributed by atoms with Crippen LogP contribution in [0.15, 0.2) is 39.7 Å². The lowest BCUT2D eigenvalue weighted by Gasteiger charge is -2.07. The van der Waals surface area contributed by atoms with Gasteiger partial charge in [0, 0.05) is 53.9 Å². The molecule has 0 spiro atoms. The average molecular weight is 447 g/mol. The van der Waals surface area contributed by atoms with E-state index in [1.807, 2.05) is 11.4 Å². The van der Waals surface area contributed by atoms with Gasteiger partial charge in [0.05, 0.1) is 12.8 Å². The number of aliphatic imine (C=N–C) groups is 1. The highest BCUT2D eigenvalue weighted by molar-refractivity contribution is 7.98. The minimum Gasteiger partial charge on any atom is -0.481 e. The van der Waals surface area contributed by atoms with E-state index in [1.54, 1.807) is 37.3 Å². The Morgan fingerprint density at radius 3 is 3.03 bits per heavy atom. The van der Waals surface area contributed by atoms with Crippen LogP contribution in [0.2, 0.25) is 0 Å². The maximum Gasteiger partial charge on any atom is 0.255 e. The molecule has 0 atom stereocenters. The normalized spacial score (nSPS) is 10.6. The molecule has 0 fully saturated rings. The summed E-state index contributed by atoms with van der Waals surface area (Å²) in [7, 11) is 1.56. The van der Waals surface area contributed by atoms with E-state index in [0.29, 0.717) is 35.5 Å². The largest absolute Gasteiger partial charge is 0.481 e. The van der Waals surface area contributed by atoms with Gasteiger partial charge in [-0.25, -0.2) is 15.0 Å². The van der Waals surface area contributed by atoms with Crippen molar-refractivity contribution in [3.05, 3.63) is 57.1 Å². The second-order valence-corrected chi connectivity index (χ2v) is 8.05. The van der Waals surface area contributed by atoms with E-state index in [4.69, 9.17) is 16.2 Å². The molecule has 0 aliphatic heterocycles. The Labute approximate surface area is 181 Å². The van der Waals surface area contributed by atoms with Gasteiger partial charge >= 0.3 is 0 Å². The van der Waals surface area contributed by atoms with Crippen LogP contribution >= 0.6 is 23.1 Å². The summed E-state index contributed by atoms with van der Waals surface area (Å²) in [5, 5.41) is 5.60. The molecule has 0 saturated heterocycles. The van der Waals surface area contributed by atoms with Crippen molar-refractivity contribution in [1.82, 2.24) is 19.9 Å². The Morgan fingerprint density at radius 2 is 2.27 bits per heavy atom. The third kappa shape index (κ3) is 6.46. The lowest BCUT2D eigenvalue weighted by molar-refractivity contribution is 0.397. The molecule has 0 aliphatic rings. The van der Waals surface area contributed by atoms with Crippen molar-refractivity contribution in [2.24, 2.45) is 16.5 Å². The lowest BCUT2D eigenvalue weighted by Crippen LogP contribution is -2.21. The molecular weight excluding hydrogens is 424 g/mol. The van der Waals surface area contributed by atoms with Gasteiger partial charge in [0.2, 0.25) is 17.0 Å². The molecule has 3 aromatic rings. The van der Waals surface area contributed by atoms with Gasteiger partial charge in [-0.3, -0.25) is 9.78 Å². The monoisotopic (exact) mass is 446 g/mol. The average Bonchev–Trinajstić information content (AvgIpc) is 3.16. The number of nitrogens with two attached hydrogens (primary N) is 2. The highest BCUT2D eigenvalue weighted by Gasteiger charge is 2.06. The summed E-state index contributed by atoms with van der Waals surface area (Å²) >= 11 is 3.10. The fraction of sp³-hybridized carbons (Fsp3) is 0.278. The fourth-order valence-corrected chi connectivity index (χ4v) is 4.03. The molecule has 0 saturated carbocycles. The van der Waals surface area contributed by atoms with Crippen LogP contribution in [0.25, 0.3) is 0 Å². The van der Waals surface area contributed by atoms with Crippen molar-refractivity contribution in [3.63, 3.8) is 0 Å². The van der Waals surface area contributed by atoms with E-state index in [2.05, 4.69) is 30.2 Å². The summed E-state index contributed by atoms with van der Waals surface area (Å²) < 4.78 is 5.11. The summed E-state index contributed by atoms with van der Waals surface area (Å²) in [6, 6.07) is 3.64. The molecule has 0 unspecified atom stereocenters. The number of thiazole rings is 1. The zero-order valence-electron chi connectivity index (χ0n) is 16.3.